The summed E-state index contributed by atoms with van der Waals surface area (Å²) >= 11 is 0. The van der Waals surface area contributed by atoms with Crippen molar-refractivity contribution >= 4 is 17.7 Å². The molecule has 1 aliphatic heterocycles. The molecule has 1 aromatic rings. The first-order valence-electron chi connectivity index (χ1n) is 7.44. The minimum Gasteiger partial charge on any atom is -0.478 e. The molecule has 0 bridgehead atoms. The molecule has 5 heteroatoms. The maximum atomic E-state index is 12.4. The molecule has 2 N–H and O–H groups in total. The highest BCUT2D eigenvalue weighted by Gasteiger charge is 2.25. The average Bonchev–Trinajstić information content (AvgIpc) is 2.46. The van der Waals surface area contributed by atoms with Crippen LogP contribution in [-0.4, -0.2) is 34.6 Å². The summed E-state index contributed by atoms with van der Waals surface area (Å²) in [4.78, 5) is 25.2. The molecule has 0 saturated carbocycles. The lowest BCUT2D eigenvalue weighted by Gasteiger charge is -2.35. The Balaban J connectivity index is 2.08. The van der Waals surface area contributed by atoms with E-state index in [1.807, 2.05) is 4.90 Å². The van der Waals surface area contributed by atoms with Gasteiger partial charge in [0, 0.05) is 18.3 Å². The van der Waals surface area contributed by atoms with E-state index < -0.39 is 5.97 Å². The first-order valence-corrected chi connectivity index (χ1v) is 7.44. The molecule has 1 unspecified atom stereocenters. The Morgan fingerprint density at radius 2 is 2.14 bits per heavy atom. The zero-order chi connectivity index (χ0) is 15.4. The molecule has 1 fully saturated rings. The Bertz CT molecular complexity index is 542. The number of amides is 2. The van der Waals surface area contributed by atoms with Crippen molar-refractivity contribution in [2.24, 2.45) is 0 Å². The van der Waals surface area contributed by atoms with E-state index in [1.54, 1.807) is 19.1 Å². The first kappa shape index (κ1) is 15.4. The smallest absolute Gasteiger partial charge is 0.335 e. The summed E-state index contributed by atoms with van der Waals surface area (Å²) in [5, 5.41) is 11.9. The average molecular weight is 290 g/mol. The summed E-state index contributed by atoms with van der Waals surface area (Å²) in [6.45, 7) is 4.62. The second-order valence-corrected chi connectivity index (χ2v) is 5.52. The zero-order valence-electron chi connectivity index (χ0n) is 12.6. The van der Waals surface area contributed by atoms with Crippen molar-refractivity contribution in [2.45, 2.75) is 45.6 Å². The quantitative estimate of drug-likeness (QED) is 0.895. The van der Waals surface area contributed by atoms with Gasteiger partial charge in [0.2, 0.25) is 0 Å². The molecule has 0 aromatic heterocycles. The number of nitrogens with zero attached hydrogens (tertiary/aromatic N) is 1. The maximum absolute atomic E-state index is 12.4. The zero-order valence-corrected chi connectivity index (χ0v) is 12.6. The summed E-state index contributed by atoms with van der Waals surface area (Å²) in [6.07, 6.45) is 4.24. The van der Waals surface area contributed by atoms with Crippen LogP contribution in [0.15, 0.2) is 18.2 Å². The normalized spacial score (nSPS) is 18.4. The van der Waals surface area contributed by atoms with Gasteiger partial charge in [-0.1, -0.05) is 6.92 Å². The van der Waals surface area contributed by atoms with Crippen molar-refractivity contribution in [2.75, 3.05) is 11.9 Å². The van der Waals surface area contributed by atoms with Crippen molar-refractivity contribution in [1.82, 2.24) is 4.90 Å². The molecule has 0 aliphatic carbocycles. The van der Waals surface area contributed by atoms with E-state index in [-0.39, 0.29) is 11.6 Å². The molecule has 1 heterocycles. The van der Waals surface area contributed by atoms with Crippen molar-refractivity contribution < 1.29 is 14.7 Å². The minimum absolute atomic E-state index is 0.0935. The molecule has 1 aliphatic rings. The molecule has 5 nitrogen and oxygen atoms in total. The first-order chi connectivity index (χ1) is 10.0. The third-order valence-corrected chi connectivity index (χ3v) is 4.07. The molecular weight excluding hydrogens is 268 g/mol. The van der Waals surface area contributed by atoms with Crippen molar-refractivity contribution in [3.63, 3.8) is 0 Å². The maximum Gasteiger partial charge on any atom is 0.335 e. The number of hydrogen-bond donors (Lipinski definition) is 2. The number of urea groups is 1. The SMILES string of the molecule is CCC1CCCCN1C(=O)Nc1ccc(C(=O)O)c(C)c1. The number of hydrogen-bond acceptors (Lipinski definition) is 2. The summed E-state index contributed by atoms with van der Waals surface area (Å²) in [6, 6.07) is 5.08. The fourth-order valence-electron chi connectivity index (χ4n) is 2.87. The van der Waals surface area contributed by atoms with E-state index in [0.29, 0.717) is 17.3 Å². The predicted molar refractivity (Wildman–Crippen MR) is 81.8 cm³/mol. The number of anilines is 1. The van der Waals surface area contributed by atoms with Gasteiger partial charge in [-0.15, -0.1) is 0 Å². The van der Waals surface area contributed by atoms with Gasteiger partial charge in [-0.2, -0.15) is 0 Å². The Morgan fingerprint density at radius 3 is 2.76 bits per heavy atom. The standard InChI is InChI=1S/C16H22N2O3/c1-3-13-6-4-5-9-18(13)16(21)17-12-7-8-14(15(19)20)11(2)10-12/h7-8,10,13H,3-6,9H2,1-2H3,(H,17,21)(H,19,20). The van der Waals surface area contributed by atoms with Crippen LogP contribution in [0.5, 0.6) is 0 Å². The Labute approximate surface area is 125 Å². The minimum atomic E-state index is -0.951. The number of carboxylic acids is 1. The molecule has 1 aromatic carbocycles. The predicted octanol–water partition coefficient (Wildman–Crippen LogP) is 3.49. The van der Waals surface area contributed by atoms with Crippen LogP contribution in [0.3, 0.4) is 0 Å². The highest BCUT2D eigenvalue weighted by Crippen LogP contribution is 2.21. The molecule has 0 radical (unpaired) electrons. The van der Waals surface area contributed by atoms with Crippen LogP contribution >= 0.6 is 0 Å². The molecule has 2 amide bonds. The Kier molecular flexibility index (Phi) is 4.83. The number of carbonyl (C=O) groups is 2. The highest BCUT2D eigenvalue weighted by atomic mass is 16.4. The molecular formula is C16H22N2O3. The van der Waals surface area contributed by atoms with E-state index in [0.717, 1.165) is 25.8 Å². The fourth-order valence-corrected chi connectivity index (χ4v) is 2.87. The molecule has 21 heavy (non-hydrogen) atoms. The van der Waals surface area contributed by atoms with E-state index in [4.69, 9.17) is 5.11 Å². The molecule has 1 saturated heterocycles. The van der Waals surface area contributed by atoms with Crippen LogP contribution in [-0.2, 0) is 0 Å². The van der Waals surface area contributed by atoms with E-state index in [1.165, 1.54) is 12.5 Å². The Hall–Kier alpha value is -2.04. The van der Waals surface area contributed by atoms with Crippen LogP contribution in [0.25, 0.3) is 0 Å². The third-order valence-electron chi connectivity index (χ3n) is 4.07. The summed E-state index contributed by atoms with van der Waals surface area (Å²) < 4.78 is 0. The fraction of sp³-hybridized carbons (Fsp3) is 0.500. The Morgan fingerprint density at radius 1 is 1.38 bits per heavy atom. The number of aromatic carboxylic acids is 1. The van der Waals surface area contributed by atoms with Gasteiger partial charge in [-0.3, -0.25) is 0 Å². The van der Waals surface area contributed by atoms with Crippen LogP contribution in [0.4, 0.5) is 10.5 Å². The van der Waals surface area contributed by atoms with Gasteiger partial charge in [-0.25, -0.2) is 9.59 Å². The molecule has 2 rings (SSSR count). The summed E-state index contributed by atoms with van der Waals surface area (Å²) in [5.74, 6) is -0.951. The number of aryl methyl sites for hydroxylation is 1. The van der Waals surface area contributed by atoms with Gasteiger partial charge in [0.05, 0.1) is 5.56 Å². The van der Waals surface area contributed by atoms with E-state index in [2.05, 4.69) is 12.2 Å². The van der Waals surface area contributed by atoms with E-state index >= 15 is 0 Å². The number of carboxylic acid groups (broad SMARTS) is 1. The highest BCUT2D eigenvalue weighted by molar-refractivity contribution is 5.93. The van der Waals surface area contributed by atoms with Gasteiger partial charge in [0.25, 0.3) is 0 Å². The van der Waals surface area contributed by atoms with Gasteiger partial charge < -0.3 is 15.3 Å². The van der Waals surface area contributed by atoms with Crippen LogP contribution in [0, 0.1) is 6.92 Å². The van der Waals surface area contributed by atoms with Crippen LogP contribution in [0.2, 0.25) is 0 Å². The van der Waals surface area contributed by atoms with Crippen LogP contribution < -0.4 is 5.32 Å². The third kappa shape index (κ3) is 3.54. The van der Waals surface area contributed by atoms with E-state index in [9.17, 15) is 9.59 Å². The lowest BCUT2D eigenvalue weighted by atomic mass is 10.0. The number of carbonyl (C=O) groups excluding carboxylic acids is 1. The second kappa shape index (κ2) is 6.61. The monoisotopic (exact) mass is 290 g/mol. The van der Waals surface area contributed by atoms with Crippen molar-refractivity contribution in [3.05, 3.63) is 29.3 Å². The lowest BCUT2D eigenvalue weighted by Crippen LogP contribution is -2.45. The van der Waals surface area contributed by atoms with Crippen LogP contribution in [0.1, 0.15) is 48.5 Å². The number of piperidine rings is 1. The number of likely N-dealkylation sites (tertiary alicyclic amines) is 1. The largest absolute Gasteiger partial charge is 0.478 e. The number of benzene rings is 1. The van der Waals surface area contributed by atoms with Crippen molar-refractivity contribution in [3.8, 4) is 0 Å². The van der Waals surface area contributed by atoms with Gasteiger partial charge in [0.15, 0.2) is 0 Å². The second-order valence-electron chi connectivity index (χ2n) is 5.52. The molecule has 1 atom stereocenters. The van der Waals surface area contributed by atoms with Gasteiger partial charge in [0.1, 0.15) is 0 Å². The molecule has 0 spiro atoms. The molecule has 114 valence electrons. The number of nitrogens with one attached hydrogen (secondary N) is 1. The topological polar surface area (TPSA) is 69.6 Å². The van der Waals surface area contributed by atoms with Gasteiger partial charge >= 0.3 is 12.0 Å². The van der Waals surface area contributed by atoms with Crippen molar-refractivity contribution in [1.29, 1.82) is 0 Å². The summed E-state index contributed by atoms with van der Waals surface area (Å²) in [5.41, 5.74) is 1.55. The lowest BCUT2D eigenvalue weighted by molar-refractivity contribution is 0.0696. The number of rotatable bonds is 3. The van der Waals surface area contributed by atoms with Gasteiger partial charge in [-0.05, 0) is 56.4 Å². The summed E-state index contributed by atoms with van der Waals surface area (Å²) in [7, 11) is 0.